The molecule has 1 aliphatic rings. The maximum absolute atomic E-state index is 12.4. The van der Waals surface area contributed by atoms with Gasteiger partial charge in [0.1, 0.15) is 6.54 Å². The molecule has 0 saturated carbocycles. The van der Waals surface area contributed by atoms with E-state index in [4.69, 9.17) is 0 Å². The third-order valence-corrected chi connectivity index (χ3v) is 4.02. The van der Waals surface area contributed by atoms with Gasteiger partial charge < -0.3 is 9.47 Å². The van der Waals surface area contributed by atoms with Crippen LogP contribution >= 0.6 is 0 Å². The fourth-order valence-corrected chi connectivity index (χ4v) is 2.96. The monoisotopic (exact) mass is 262 g/mol. The predicted molar refractivity (Wildman–Crippen MR) is 80.8 cm³/mol. The van der Waals surface area contributed by atoms with Gasteiger partial charge in [-0.3, -0.25) is 4.79 Å². The molecule has 4 rings (SSSR count). The molecule has 1 aliphatic heterocycles. The standard InChI is InChI=1S/C17H14N2O/c1-18-15-9-5-3-7-13(15)16-10-12-6-2-4-8-14(12)19(16)11-17(18)20/h2-10H,11H2,1H3. The lowest BCUT2D eigenvalue weighted by atomic mass is 10.1. The van der Waals surface area contributed by atoms with Gasteiger partial charge in [0, 0.05) is 23.5 Å². The fraction of sp³-hybridized carbons (Fsp3) is 0.118. The predicted octanol–water partition coefficient (Wildman–Crippen LogP) is 3.28. The van der Waals surface area contributed by atoms with Gasteiger partial charge in [-0.15, -0.1) is 0 Å². The van der Waals surface area contributed by atoms with Gasteiger partial charge >= 0.3 is 0 Å². The number of carbonyl (C=O) groups excluding carboxylic acids is 1. The summed E-state index contributed by atoms with van der Waals surface area (Å²) in [4.78, 5) is 14.1. The first-order valence-corrected chi connectivity index (χ1v) is 6.70. The lowest BCUT2D eigenvalue weighted by Crippen LogP contribution is -2.28. The number of para-hydroxylation sites is 2. The number of hydrogen-bond acceptors (Lipinski definition) is 1. The summed E-state index contributed by atoms with van der Waals surface area (Å²) in [5.74, 6) is 0.109. The molecule has 1 aromatic heterocycles. The van der Waals surface area contributed by atoms with Gasteiger partial charge in [0.25, 0.3) is 0 Å². The molecule has 98 valence electrons. The normalized spacial score (nSPS) is 14.1. The molecule has 3 heteroatoms. The third kappa shape index (κ3) is 1.43. The highest BCUT2D eigenvalue weighted by Gasteiger charge is 2.24. The Hall–Kier alpha value is -2.55. The molecular formula is C17H14N2O. The van der Waals surface area contributed by atoms with Crippen molar-refractivity contribution in [3.63, 3.8) is 0 Å². The van der Waals surface area contributed by atoms with Gasteiger partial charge in [-0.2, -0.15) is 0 Å². The molecule has 0 saturated heterocycles. The Balaban J connectivity index is 2.12. The van der Waals surface area contributed by atoms with Crippen molar-refractivity contribution in [2.75, 3.05) is 11.9 Å². The Morgan fingerprint density at radius 1 is 1.00 bits per heavy atom. The number of benzene rings is 2. The number of fused-ring (bicyclic) bond motifs is 5. The summed E-state index contributed by atoms with van der Waals surface area (Å²) in [5.41, 5.74) is 4.30. The van der Waals surface area contributed by atoms with E-state index in [2.05, 4.69) is 28.8 Å². The Labute approximate surface area is 117 Å². The minimum absolute atomic E-state index is 0.109. The third-order valence-electron chi connectivity index (χ3n) is 4.02. The zero-order chi connectivity index (χ0) is 13.7. The average molecular weight is 262 g/mol. The SMILES string of the molecule is CN1C(=O)Cn2c(cc3ccccc32)-c2ccccc21. The number of carbonyl (C=O) groups is 1. The van der Waals surface area contributed by atoms with Crippen LogP contribution in [0.15, 0.2) is 54.6 Å². The largest absolute Gasteiger partial charge is 0.331 e. The minimum atomic E-state index is 0.109. The first-order valence-electron chi connectivity index (χ1n) is 6.70. The second-order valence-electron chi connectivity index (χ2n) is 5.14. The summed E-state index contributed by atoms with van der Waals surface area (Å²) in [6.45, 7) is 0.383. The molecule has 0 unspecified atom stereocenters. The van der Waals surface area contributed by atoms with Crippen LogP contribution in [0, 0.1) is 0 Å². The maximum Gasteiger partial charge on any atom is 0.246 e. The number of likely N-dealkylation sites (N-methyl/N-ethyl adjacent to an activating group) is 1. The van der Waals surface area contributed by atoms with Crippen LogP contribution < -0.4 is 4.90 Å². The quantitative estimate of drug-likeness (QED) is 0.610. The van der Waals surface area contributed by atoms with Gasteiger partial charge in [0.2, 0.25) is 5.91 Å². The van der Waals surface area contributed by atoms with Gasteiger partial charge in [-0.1, -0.05) is 36.4 Å². The Kier molecular flexibility index (Phi) is 2.24. The van der Waals surface area contributed by atoms with Crippen molar-refractivity contribution in [3.05, 3.63) is 54.6 Å². The molecule has 2 aromatic carbocycles. The minimum Gasteiger partial charge on any atom is -0.331 e. The van der Waals surface area contributed by atoms with E-state index in [0.29, 0.717) is 6.54 Å². The molecular weight excluding hydrogens is 248 g/mol. The Morgan fingerprint density at radius 3 is 2.65 bits per heavy atom. The van der Waals surface area contributed by atoms with Gasteiger partial charge in [-0.05, 0) is 18.2 Å². The average Bonchev–Trinajstić information content (AvgIpc) is 2.80. The van der Waals surface area contributed by atoms with Crippen molar-refractivity contribution in [1.82, 2.24) is 4.57 Å². The summed E-state index contributed by atoms with van der Waals surface area (Å²) < 4.78 is 2.11. The van der Waals surface area contributed by atoms with E-state index in [1.807, 2.05) is 37.4 Å². The number of rotatable bonds is 0. The van der Waals surface area contributed by atoms with Gasteiger partial charge in [0.05, 0.1) is 11.4 Å². The molecule has 0 atom stereocenters. The topological polar surface area (TPSA) is 25.2 Å². The van der Waals surface area contributed by atoms with Crippen molar-refractivity contribution in [1.29, 1.82) is 0 Å². The first kappa shape index (κ1) is 11.3. The molecule has 20 heavy (non-hydrogen) atoms. The fourth-order valence-electron chi connectivity index (χ4n) is 2.96. The lowest BCUT2D eigenvalue weighted by Gasteiger charge is -2.16. The van der Waals surface area contributed by atoms with E-state index in [0.717, 1.165) is 22.5 Å². The summed E-state index contributed by atoms with van der Waals surface area (Å²) in [6.07, 6.45) is 0. The highest BCUT2D eigenvalue weighted by molar-refractivity contribution is 6.02. The van der Waals surface area contributed by atoms with Crippen LogP contribution in [-0.4, -0.2) is 17.5 Å². The molecule has 0 bridgehead atoms. The molecule has 3 nitrogen and oxygen atoms in total. The van der Waals surface area contributed by atoms with Crippen LogP contribution in [0.4, 0.5) is 5.69 Å². The molecule has 1 amide bonds. The van der Waals surface area contributed by atoms with E-state index in [9.17, 15) is 4.79 Å². The second-order valence-corrected chi connectivity index (χ2v) is 5.14. The van der Waals surface area contributed by atoms with Crippen molar-refractivity contribution in [2.24, 2.45) is 0 Å². The number of anilines is 1. The highest BCUT2D eigenvalue weighted by atomic mass is 16.2. The van der Waals surface area contributed by atoms with Crippen LogP contribution in [0.5, 0.6) is 0 Å². The number of hydrogen-bond donors (Lipinski definition) is 0. The summed E-state index contributed by atoms with van der Waals surface area (Å²) in [5, 5.41) is 1.18. The summed E-state index contributed by atoms with van der Waals surface area (Å²) >= 11 is 0. The van der Waals surface area contributed by atoms with E-state index >= 15 is 0 Å². The zero-order valence-corrected chi connectivity index (χ0v) is 11.2. The van der Waals surface area contributed by atoms with Crippen LogP contribution in [-0.2, 0) is 11.3 Å². The van der Waals surface area contributed by atoms with E-state index in [1.165, 1.54) is 5.39 Å². The van der Waals surface area contributed by atoms with Crippen LogP contribution in [0.25, 0.3) is 22.2 Å². The van der Waals surface area contributed by atoms with Crippen molar-refractivity contribution in [2.45, 2.75) is 6.54 Å². The summed E-state index contributed by atoms with van der Waals surface area (Å²) in [7, 11) is 1.84. The lowest BCUT2D eigenvalue weighted by molar-refractivity contribution is -0.118. The maximum atomic E-state index is 12.4. The Morgan fingerprint density at radius 2 is 1.75 bits per heavy atom. The molecule has 0 fully saturated rings. The molecule has 0 spiro atoms. The number of aromatic nitrogens is 1. The van der Waals surface area contributed by atoms with E-state index < -0.39 is 0 Å². The zero-order valence-electron chi connectivity index (χ0n) is 11.2. The molecule has 2 heterocycles. The van der Waals surface area contributed by atoms with Gasteiger partial charge in [-0.25, -0.2) is 0 Å². The summed E-state index contributed by atoms with van der Waals surface area (Å²) in [6, 6.07) is 18.4. The van der Waals surface area contributed by atoms with Crippen molar-refractivity contribution in [3.8, 4) is 11.3 Å². The second kappa shape index (κ2) is 3.97. The van der Waals surface area contributed by atoms with Crippen molar-refractivity contribution < 1.29 is 4.79 Å². The van der Waals surface area contributed by atoms with Crippen LogP contribution in [0.1, 0.15) is 0 Å². The first-order chi connectivity index (χ1) is 9.75. The highest BCUT2D eigenvalue weighted by Crippen LogP contribution is 2.36. The smallest absolute Gasteiger partial charge is 0.246 e. The molecule has 3 aromatic rings. The molecule has 0 N–H and O–H groups in total. The molecule has 0 radical (unpaired) electrons. The van der Waals surface area contributed by atoms with Crippen LogP contribution in [0.2, 0.25) is 0 Å². The van der Waals surface area contributed by atoms with Crippen LogP contribution in [0.3, 0.4) is 0 Å². The van der Waals surface area contributed by atoms with Crippen molar-refractivity contribution >= 4 is 22.5 Å². The molecule has 0 aliphatic carbocycles. The van der Waals surface area contributed by atoms with E-state index in [1.54, 1.807) is 4.90 Å². The van der Waals surface area contributed by atoms with E-state index in [-0.39, 0.29) is 5.91 Å². The Bertz CT molecular complexity index is 832. The number of amides is 1. The number of nitrogens with zero attached hydrogens (tertiary/aromatic N) is 2. The van der Waals surface area contributed by atoms with Gasteiger partial charge in [0.15, 0.2) is 0 Å².